The van der Waals surface area contributed by atoms with Crippen molar-refractivity contribution in [3.63, 3.8) is 0 Å². The molecule has 0 saturated carbocycles. The molecule has 0 aliphatic carbocycles. The van der Waals surface area contributed by atoms with E-state index in [1.54, 1.807) is 30.7 Å². The Morgan fingerprint density at radius 1 is 0.941 bits per heavy atom. The molecule has 3 heterocycles. The molecule has 9 nitrogen and oxygen atoms in total. The highest BCUT2D eigenvalue weighted by molar-refractivity contribution is 5.95. The molecule has 1 saturated heterocycles. The summed E-state index contributed by atoms with van der Waals surface area (Å²) in [7, 11) is 0. The van der Waals surface area contributed by atoms with Gasteiger partial charge in [-0.05, 0) is 35.9 Å². The standard InChI is InChI=1S/C25H27N5O4/c31-24(21-5-6-22-23(15-21)34-18-33-22)27-8-10-28-11-13-30(14-12-28)25(32)20-3-1-19(2-4-20)16-29-9-7-26-17-29/h1-7,9,15,17H,8,10-14,16,18H2,(H,27,31). The minimum Gasteiger partial charge on any atom is -0.454 e. The van der Waals surface area contributed by atoms with Gasteiger partial charge in [0.05, 0.1) is 6.33 Å². The summed E-state index contributed by atoms with van der Waals surface area (Å²) in [6.07, 6.45) is 5.45. The summed E-state index contributed by atoms with van der Waals surface area (Å²) in [5, 5.41) is 2.95. The lowest BCUT2D eigenvalue weighted by molar-refractivity contribution is 0.0638. The third kappa shape index (κ3) is 5.04. The van der Waals surface area contributed by atoms with Crippen molar-refractivity contribution in [3.05, 3.63) is 77.9 Å². The fourth-order valence-electron chi connectivity index (χ4n) is 4.17. The van der Waals surface area contributed by atoms with Gasteiger partial charge in [0.2, 0.25) is 6.79 Å². The second-order valence-corrected chi connectivity index (χ2v) is 8.39. The predicted molar refractivity (Wildman–Crippen MR) is 125 cm³/mol. The van der Waals surface area contributed by atoms with E-state index in [1.165, 1.54) is 0 Å². The van der Waals surface area contributed by atoms with Crippen molar-refractivity contribution in [1.82, 2.24) is 24.7 Å². The van der Waals surface area contributed by atoms with Crippen molar-refractivity contribution in [2.24, 2.45) is 0 Å². The third-order valence-corrected chi connectivity index (χ3v) is 6.13. The molecule has 0 spiro atoms. The first-order chi connectivity index (χ1) is 16.7. The summed E-state index contributed by atoms with van der Waals surface area (Å²) >= 11 is 0. The largest absolute Gasteiger partial charge is 0.454 e. The van der Waals surface area contributed by atoms with E-state index in [4.69, 9.17) is 9.47 Å². The summed E-state index contributed by atoms with van der Waals surface area (Å²) in [5.74, 6) is 1.18. The van der Waals surface area contributed by atoms with E-state index in [9.17, 15) is 9.59 Å². The summed E-state index contributed by atoms with van der Waals surface area (Å²) in [6.45, 7) is 5.11. The van der Waals surface area contributed by atoms with Gasteiger partial charge in [0.1, 0.15) is 0 Å². The number of ether oxygens (including phenoxy) is 2. The van der Waals surface area contributed by atoms with Gasteiger partial charge in [-0.3, -0.25) is 14.5 Å². The minimum atomic E-state index is -0.136. The topological polar surface area (TPSA) is 88.9 Å². The second-order valence-electron chi connectivity index (χ2n) is 8.39. The zero-order valence-electron chi connectivity index (χ0n) is 18.9. The Hall–Kier alpha value is -3.85. The molecule has 0 unspecified atom stereocenters. The average molecular weight is 462 g/mol. The molecule has 2 aromatic carbocycles. The maximum Gasteiger partial charge on any atom is 0.253 e. The van der Waals surface area contributed by atoms with Gasteiger partial charge in [0, 0.05) is 69.3 Å². The number of hydrogen-bond acceptors (Lipinski definition) is 6. The first-order valence-electron chi connectivity index (χ1n) is 11.4. The fraction of sp³-hybridized carbons (Fsp3) is 0.320. The number of nitrogens with zero attached hydrogens (tertiary/aromatic N) is 4. The predicted octanol–water partition coefficient (Wildman–Crippen LogP) is 1.85. The van der Waals surface area contributed by atoms with Crippen LogP contribution in [0.25, 0.3) is 0 Å². The van der Waals surface area contributed by atoms with Gasteiger partial charge in [-0.15, -0.1) is 0 Å². The number of carbonyl (C=O) groups is 2. The van der Waals surface area contributed by atoms with Gasteiger partial charge in [-0.1, -0.05) is 12.1 Å². The van der Waals surface area contributed by atoms with Crippen molar-refractivity contribution >= 4 is 11.8 Å². The monoisotopic (exact) mass is 461 g/mol. The molecule has 34 heavy (non-hydrogen) atoms. The Morgan fingerprint density at radius 3 is 2.47 bits per heavy atom. The van der Waals surface area contributed by atoms with E-state index in [2.05, 4.69) is 15.2 Å². The highest BCUT2D eigenvalue weighted by Gasteiger charge is 2.22. The van der Waals surface area contributed by atoms with Crippen LogP contribution in [0.1, 0.15) is 26.3 Å². The lowest BCUT2D eigenvalue weighted by Gasteiger charge is -2.34. The molecule has 2 amide bonds. The molecule has 1 aromatic heterocycles. The number of benzene rings is 2. The smallest absolute Gasteiger partial charge is 0.253 e. The third-order valence-electron chi connectivity index (χ3n) is 6.13. The molecule has 1 N–H and O–H groups in total. The van der Waals surface area contributed by atoms with Crippen LogP contribution >= 0.6 is 0 Å². The molecule has 0 atom stereocenters. The Balaban J connectivity index is 1.05. The van der Waals surface area contributed by atoms with E-state index in [0.29, 0.717) is 42.3 Å². The highest BCUT2D eigenvalue weighted by atomic mass is 16.7. The van der Waals surface area contributed by atoms with Crippen LogP contribution in [0.3, 0.4) is 0 Å². The molecule has 0 bridgehead atoms. The van der Waals surface area contributed by atoms with Crippen molar-refractivity contribution in [3.8, 4) is 11.5 Å². The Bertz CT molecular complexity index is 1140. The van der Waals surface area contributed by atoms with Gasteiger partial charge in [-0.25, -0.2) is 4.98 Å². The van der Waals surface area contributed by atoms with Gasteiger partial charge >= 0.3 is 0 Å². The van der Waals surface area contributed by atoms with Crippen LogP contribution < -0.4 is 14.8 Å². The van der Waals surface area contributed by atoms with Crippen molar-refractivity contribution in [2.45, 2.75) is 6.54 Å². The van der Waals surface area contributed by atoms with Crippen LogP contribution in [-0.2, 0) is 6.54 Å². The molecule has 9 heteroatoms. The minimum absolute atomic E-state index is 0.0601. The normalized spacial score (nSPS) is 15.4. The van der Waals surface area contributed by atoms with E-state index < -0.39 is 0 Å². The molecule has 0 radical (unpaired) electrons. The average Bonchev–Trinajstić information content (AvgIpc) is 3.56. The highest BCUT2D eigenvalue weighted by Crippen LogP contribution is 2.32. The number of rotatable bonds is 7. The van der Waals surface area contributed by atoms with Crippen molar-refractivity contribution in [1.29, 1.82) is 0 Å². The van der Waals surface area contributed by atoms with Gasteiger partial charge in [0.15, 0.2) is 11.5 Å². The Labute approximate surface area is 197 Å². The van der Waals surface area contributed by atoms with E-state index in [-0.39, 0.29) is 18.6 Å². The van der Waals surface area contributed by atoms with E-state index in [0.717, 1.165) is 31.7 Å². The number of aromatic nitrogens is 2. The Kier molecular flexibility index (Phi) is 6.44. The molecule has 3 aromatic rings. The van der Waals surface area contributed by atoms with Crippen molar-refractivity contribution < 1.29 is 19.1 Å². The zero-order valence-corrected chi connectivity index (χ0v) is 18.9. The zero-order chi connectivity index (χ0) is 23.3. The first kappa shape index (κ1) is 22.0. The number of nitrogens with one attached hydrogen (secondary N) is 1. The van der Waals surface area contributed by atoms with Crippen LogP contribution in [0.5, 0.6) is 11.5 Å². The van der Waals surface area contributed by atoms with Gasteiger partial charge in [-0.2, -0.15) is 0 Å². The molecule has 1 fully saturated rings. The lowest BCUT2D eigenvalue weighted by atomic mass is 10.1. The molecule has 176 valence electrons. The van der Waals surface area contributed by atoms with Crippen LogP contribution in [0, 0.1) is 0 Å². The number of imidazole rings is 1. The Morgan fingerprint density at radius 2 is 1.71 bits per heavy atom. The SMILES string of the molecule is O=C(NCCN1CCN(C(=O)c2ccc(Cn3ccnc3)cc2)CC1)c1ccc2c(c1)OCO2. The summed E-state index contributed by atoms with van der Waals surface area (Å²) in [5.41, 5.74) is 2.39. The number of fused-ring (bicyclic) bond motifs is 1. The van der Waals surface area contributed by atoms with E-state index in [1.807, 2.05) is 39.9 Å². The second kappa shape index (κ2) is 9.96. The number of carbonyl (C=O) groups excluding carboxylic acids is 2. The molecular weight excluding hydrogens is 434 g/mol. The molecular formula is C25H27N5O4. The van der Waals surface area contributed by atoms with Crippen molar-refractivity contribution in [2.75, 3.05) is 46.1 Å². The summed E-state index contributed by atoms with van der Waals surface area (Å²) in [4.78, 5) is 33.5. The molecule has 5 rings (SSSR count). The van der Waals surface area contributed by atoms with Crippen LogP contribution in [0.4, 0.5) is 0 Å². The maximum atomic E-state index is 12.9. The van der Waals surface area contributed by atoms with Crippen LogP contribution in [-0.4, -0.2) is 77.2 Å². The number of amides is 2. The number of piperazine rings is 1. The maximum absolute atomic E-state index is 12.9. The number of hydrogen-bond donors (Lipinski definition) is 1. The first-order valence-corrected chi connectivity index (χ1v) is 11.4. The fourth-order valence-corrected chi connectivity index (χ4v) is 4.17. The summed E-state index contributed by atoms with van der Waals surface area (Å²) < 4.78 is 12.6. The van der Waals surface area contributed by atoms with Crippen LogP contribution in [0.15, 0.2) is 61.2 Å². The van der Waals surface area contributed by atoms with E-state index >= 15 is 0 Å². The molecule has 2 aliphatic rings. The lowest BCUT2D eigenvalue weighted by Crippen LogP contribution is -2.50. The summed E-state index contributed by atoms with van der Waals surface area (Å²) in [6, 6.07) is 13.0. The van der Waals surface area contributed by atoms with Gasteiger partial charge < -0.3 is 24.3 Å². The van der Waals surface area contributed by atoms with Gasteiger partial charge in [0.25, 0.3) is 11.8 Å². The van der Waals surface area contributed by atoms with Crippen LogP contribution in [0.2, 0.25) is 0 Å². The molecule has 2 aliphatic heterocycles. The quantitative estimate of drug-likeness (QED) is 0.578.